The van der Waals surface area contributed by atoms with E-state index >= 15 is 0 Å². The van der Waals surface area contributed by atoms with E-state index in [1.165, 1.54) is 5.01 Å². The average Bonchev–Trinajstić information content (AvgIpc) is 3.41. The largest absolute Gasteiger partial charge is 0.481 e. The summed E-state index contributed by atoms with van der Waals surface area (Å²) < 4.78 is 0. The van der Waals surface area contributed by atoms with Crippen LogP contribution in [0.1, 0.15) is 36.4 Å². The lowest BCUT2D eigenvalue weighted by atomic mass is 9.91. The number of benzene rings is 3. The summed E-state index contributed by atoms with van der Waals surface area (Å²) in [5, 5.41) is 16.4. The molecule has 2 aromatic heterocycles. The van der Waals surface area contributed by atoms with E-state index in [0.717, 1.165) is 16.5 Å². The Kier molecular flexibility index (Phi) is 6.57. The highest BCUT2D eigenvalue weighted by atomic mass is 35.5. The number of aromatic amines is 1. The maximum Gasteiger partial charge on any atom is 0.303 e. The van der Waals surface area contributed by atoms with Crippen molar-refractivity contribution >= 4 is 51.1 Å². The van der Waals surface area contributed by atoms with Crippen LogP contribution in [0.4, 0.5) is 0 Å². The van der Waals surface area contributed by atoms with Gasteiger partial charge in [0.1, 0.15) is 0 Å². The number of amides is 1. The van der Waals surface area contributed by atoms with Crippen molar-refractivity contribution in [1.82, 2.24) is 20.0 Å². The molecule has 10 heteroatoms. The van der Waals surface area contributed by atoms with Crippen molar-refractivity contribution in [3.05, 3.63) is 106 Å². The summed E-state index contributed by atoms with van der Waals surface area (Å²) in [6.07, 6.45) is 2.86. The molecule has 0 radical (unpaired) electrons. The van der Waals surface area contributed by atoms with E-state index in [9.17, 15) is 19.5 Å². The smallest absolute Gasteiger partial charge is 0.303 e. The number of hydrogen-bond acceptors (Lipinski definition) is 6. The topological polar surface area (TPSA) is 129 Å². The van der Waals surface area contributed by atoms with Gasteiger partial charge in [0.25, 0.3) is 5.56 Å². The Labute approximate surface area is 232 Å². The molecule has 0 bridgehead atoms. The van der Waals surface area contributed by atoms with Crippen LogP contribution in [-0.4, -0.2) is 42.7 Å². The van der Waals surface area contributed by atoms with E-state index in [2.05, 4.69) is 20.1 Å². The number of carbonyl (C=O) groups is 2. The van der Waals surface area contributed by atoms with E-state index < -0.39 is 17.9 Å². The number of H-pyrrole nitrogens is 1. The van der Waals surface area contributed by atoms with E-state index in [1.807, 2.05) is 48.5 Å². The van der Waals surface area contributed by atoms with Crippen LogP contribution >= 0.6 is 11.6 Å². The molecule has 2 N–H and O–H groups in total. The van der Waals surface area contributed by atoms with Gasteiger partial charge in [0.2, 0.25) is 5.91 Å². The molecule has 198 valence electrons. The Hall–Kier alpha value is -4.89. The molecular weight excluding hydrogens is 530 g/mol. The Morgan fingerprint density at radius 2 is 1.73 bits per heavy atom. The second-order valence-corrected chi connectivity index (χ2v) is 9.90. The maximum absolute atomic E-state index is 13.6. The van der Waals surface area contributed by atoms with E-state index in [1.54, 1.807) is 30.6 Å². The predicted molar refractivity (Wildman–Crippen MR) is 152 cm³/mol. The zero-order valence-electron chi connectivity index (χ0n) is 21.0. The molecule has 1 aliphatic heterocycles. The minimum Gasteiger partial charge on any atom is -0.481 e. The molecule has 5 aromatic rings. The summed E-state index contributed by atoms with van der Waals surface area (Å²) in [5.74, 6) is -1.54. The van der Waals surface area contributed by atoms with Crippen molar-refractivity contribution < 1.29 is 14.7 Å². The van der Waals surface area contributed by atoms with Gasteiger partial charge in [0.15, 0.2) is 0 Å². The molecule has 40 heavy (non-hydrogen) atoms. The van der Waals surface area contributed by atoms with Crippen molar-refractivity contribution in [1.29, 1.82) is 0 Å². The minimum atomic E-state index is -1.08. The van der Waals surface area contributed by atoms with Crippen molar-refractivity contribution in [2.75, 3.05) is 0 Å². The van der Waals surface area contributed by atoms with Crippen LogP contribution < -0.4 is 5.56 Å². The first-order chi connectivity index (χ1) is 19.4. The molecule has 3 aromatic carbocycles. The lowest BCUT2D eigenvalue weighted by Crippen LogP contribution is -2.27. The minimum absolute atomic E-state index is 0.231. The van der Waals surface area contributed by atoms with Crippen LogP contribution in [0.2, 0.25) is 5.02 Å². The van der Waals surface area contributed by atoms with Gasteiger partial charge >= 0.3 is 5.97 Å². The van der Waals surface area contributed by atoms with Crippen LogP contribution in [0, 0.1) is 0 Å². The summed E-state index contributed by atoms with van der Waals surface area (Å²) >= 11 is 6.37. The second kappa shape index (κ2) is 10.3. The van der Waals surface area contributed by atoms with Gasteiger partial charge in [0.05, 0.1) is 34.8 Å². The number of fused-ring (bicyclic) bond motifs is 2. The molecule has 1 aliphatic rings. The van der Waals surface area contributed by atoms with Crippen LogP contribution in [0.3, 0.4) is 0 Å². The number of rotatable bonds is 6. The quantitative estimate of drug-likeness (QED) is 0.293. The number of aromatic nitrogens is 3. The molecule has 1 atom stereocenters. The number of carboxylic acid groups (broad SMARTS) is 1. The summed E-state index contributed by atoms with van der Waals surface area (Å²) in [5.41, 5.74) is 4.56. The predicted octanol–water partition coefficient (Wildman–Crippen LogP) is 5.33. The number of pyridine rings is 1. The van der Waals surface area contributed by atoms with Gasteiger partial charge in [0, 0.05) is 46.7 Å². The molecule has 3 heterocycles. The Balaban J connectivity index is 1.53. The SMILES string of the molecule is O=C(O)CCC(=O)N1N=C(c2c(-c3ccccc3)c3cc(Cl)ccc3[nH]c2=O)CC1c1ccc2nccnc2c1. The fourth-order valence-corrected chi connectivity index (χ4v) is 5.28. The number of aliphatic carboxylic acids is 1. The van der Waals surface area contributed by atoms with E-state index in [-0.39, 0.29) is 24.8 Å². The number of hydrogen-bond donors (Lipinski definition) is 2. The summed E-state index contributed by atoms with van der Waals surface area (Å²) in [6.45, 7) is 0. The fraction of sp³-hybridized carbons (Fsp3) is 0.133. The van der Waals surface area contributed by atoms with Gasteiger partial charge in [-0.15, -0.1) is 0 Å². The van der Waals surface area contributed by atoms with Gasteiger partial charge in [-0.2, -0.15) is 5.10 Å². The average molecular weight is 552 g/mol. The maximum atomic E-state index is 13.6. The molecule has 0 saturated heterocycles. The highest BCUT2D eigenvalue weighted by Gasteiger charge is 2.35. The van der Waals surface area contributed by atoms with Crippen molar-refractivity contribution in [2.24, 2.45) is 5.10 Å². The Morgan fingerprint density at radius 3 is 2.50 bits per heavy atom. The molecular formula is C30H22ClN5O4. The standard InChI is InChI=1S/C30H22ClN5O4/c31-19-7-9-21-20(15-19)28(17-4-2-1-3-5-17)29(30(40)34-21)24-16-25(36(35-24)26(37)10-11-27(38)39)18-6-8-22-23(14-18)33-13-12-32-22/h1-9,12-15,25H,10-11,16H2,(H,34,40)(H,38,39). The second-order valence-electron chi connectivity index (χ2n) is 9.46. The van der Waals surface area contributed by atoms with Crippen LogP contribution in [-0.2, 0) is 9.59 Å². The summed E-state index contributed by atoms with van der Waals surface area (Å²) in [4.78, 5) is 49.8. The first kappa shape index (κ1) is 25.4. The van der Waals surface area contributed by atoms with Crippen LogP contribution in [0.5, 0.6) is 0 Å². The van der Waals surface area contributed by atoms with Crippen LogP contribution in [0.25, 0.3) is 33.1 Å². The zero-order chi connectivity index (χ0) is 27.8. The van der Waals surface area contributed by atoms with Gasteiger partial charge in [-0.05, 0) is 41.5 Å². The highest BCUT2D eigenvalue weighted by Crippen LogP contribution is 2.38. The third-order valence-electron chi connectivity index (χ3n) is 6.92. The lowest BCUT2D eigenvalue weighted by Gasteiger charge is -2.22. The third-order valence-corrected chi connectivity index (χ3v) is 7.16. The number of hydrazone groups is 1. The van der Waals surface area contributed by atoms with Gasteiger partial charge in [-0.1, -0.05) is 48.0 Å². The molecule has 9 nitrogen and oxygen atoms in total. The van der Waals surface area contributed by atoms with Crippen molar-refractivity contribution in [2.45, 2.75) is 25.3 Å². The third kappa shape index (κ3) is 4.71. The fourth-order valence-electron chi connectivity index (χ4n) is 5.11. The summed E-state index contributed by atoms with van der Waals surface area (Å²) in [6, 6.07) is 19.7. The molecule has 0 aliphatic carbocycles. The first-order valence-electron chi connectivity index (χ1n) is 12.6. The number of halogens is 1. The summed E-state index contributed by atoms with van der Waals surface area (Å²) in [7, 11) is 0. The highest BCUT2D eigenvalue weighted by molar-refractivity contribution is 6.31. The van der Waals surface area contributed by atoms with E-state index in [0.29, 0.717) is 38.4 Å². The molecule has 1 unspecified atom stereocenters. The zero-order valence-corrected chi connectivity index (χ0v) is 21.8. The molecule has 0 spiro atoms. The van der Waals surface area contributed by atoms with Gasteiger partial charge < -0.3 is 10.1 Å². The molecule has 6 rings (SSSR count). The lowest BCUT2D eigenvalue weighted by molar-refractivity contribution is -0.141. The molecule has 0 fully saturated rings. The number of carboxylic acids is 1. The Morgan fingerprint density at radius 1 is 0.950 bits per heavy atom. The number of nitrogens with one attached hydrogen (secondary N) is 1. The monoisotopic (exact) mass is 551 g/mol. The van der Waals surface area contributed by atoms with Gasteiger partial charge in [-0.3, -0.25) is 24.4 Å². The van der Waals surface area contributed by atoms with Crippen molar-refractivity contribution in [3.63, 3.8) is 0 Å². The normalized spacial score (nSPS) is 15.0. The Bertz CT molecular complexity index is 1890. The van der Waals surface area contributed by atoms with E-state index in [4.69, 9.17) is 11.6 Å². The number of carbonyl (C=O) groups excluding carboxylic acids is 1. The number of nitrogens with zero attached hydrogens (tertiary/aromatic N) is 4. The van der Waals surface area contributed by atoms with Gasteiger partial charge in [-0.25, -0.2) is 5.01 Å². The molecule has 1 amide bonds. The van der Waals surface area contributed by atoms with Crippen molar-refractivity contribution in [3.8, 4) is 11.1 Å². The first-order valence-corrected chi connectivity index (χ1v) is 13.0. The molecule has 0 saturated carbocycles. The van der Waals surface area contributed by atoms with Crippen LogP contribution in [0.15, 0.2) is 89.0 Å².